The second kappa shape index (κ2) is 12.3. The first-order chi connectivity index (χ1) is 8.20. The van der Waals surface area contributed by atoms with Crippen molar-refractivity contribution in [3.8, 4) is 0 Å². The molecule has 3 nitrogen and oxygen atoms in total. The molecule has 0 radical (unpaired) electrons. The monoisotopic (exact) mass is 245 g/mol. The first-order valence-electron chi connectivity index (χ1n) is 7.04. The number of nitrogens with one attached hydrogen (secondary N) is 1. The summed E-state index contributed by atoms with van der Waals surface area (Å²) >= 11 is 0. The van der Waals surface area contributed by atoms with Gasteiger partial charge < -0.3 is 14.8 Å². The van der Waals surface area contributed by atoms with E-state index in [9.17, 15) is 0 Å². The highest BCUT2D eigenvalue weighted by Crippen LogP contribution is 2.07. The Morgan fingerprint density at radius 1 is 1.12 bits per heavy atom. The minimum atomic E-state index is 0.395. The Hall–Kier alpha value is -0.120. The topological polar surface area (TPSA) is 30.5 Å². The van der Waals surface area contributed by atoms with Gasteiger partial charge in [-0.3, -0.25) is 0 Å². The van der Waals surface area contributed by atoms with Crippen LogP contribution in [0.5, 0.6) is 0 Å². The number of methoxy groups -OCH3 is 1. The summed E-state index contributed by atoms with van der Waals surface area (Å²) in [6.45, 7) is 8.99. The molecule has 0 bridgehead atoms. The zero-order valence-electron chi connectivity index (χ0n) is 12.1. The predicted molar refractivity (Wildman–Crippen MR) is 73.5 cm³/mol. The van der Waals surface area contributed by atoms with Crippen LogP contribution in [0.25, 0.3) is 0 Å². The lowest BCUT2D eigenvalue weighted by molar-refractivity contribution is 0.0575. The molecule has 0 saturated heterocycles. The van der Waals surface area contributed by atoms with E-state index >= 15 is 0 Å². The van der Waals surface area contributed by atoms with Gasteiger partial charge in [0.15, 0.2) is 0 Å². The summed E-state index contributed by atoms with van der Waals surface area (Å²) in [5.41, 5.74) is 0. The van der Waals surface area contributed by atoms with Gasteiger partial charge in [0.05, 0.1) is 19.3 Å². The zero-order chi connectivity index (χ0) is 12.9. The van der Waals surface area contributed by atoms with Crippen LogP contribution in [-0.2, 0) is 9.47 Å². The summed E-state index contributed by atoms with van der Waals surface area (Å²) in [5, 5.41) is 3.37. The SMILES string of the molecule is CCCCCCC(C)OCCNC(C)COC. The number of rotatable bonds is 12. The molecule has 0 amide bonds. The van der Waals surface area contributed by atoms with Crippen LogP contribution in [-0.4, -0.2) is 39.0 Å². The van der Waals surface area contributed by atoms with Crippen LogP contribution >= 0.6 is 0 Å². The van der Waals surface area contributed by atoms with E-state index in [1.54, 1.807) is 7.11 Å². The first kappa shape index (κ1) is 16.9. The van der Waals surface area contributed by atoms with E-state index in [2.05, 4.69) is 26.1 Å². The first-order valence-corrected chi connectivity index (χ1v) is 7.04. The Morgan fingerprint density at radius 3 is 2.53 bits per heavy atom. The quantitative estimate of drug-likeness (QED) is 0.536. The largest absolute Gasteiger partial charge is 0.383 e. The minimum Gasteiger partial charge on any atom is -0.383 e. The highest BCUT2D eigenvalue weighted by molar-refractivity contribution is 4.59. The maximum atomic E-state index is 5.75. The third kappa shape index (κ3) is 12.1. The standard InChI is InChI=1S/C14H31NO2/c1-5-6-7-8-9-14(3)17-11-10-15-13(2)12-16-4/h13-15H,5-12H2,1-4H3. The third-order valence-electron chi connectivity index (χ3n) is 2.88. The smallest absolute Gasteiger partial charge is 0.0613 e. The lowest BCUT2D eigenvalue weighted by Crippen LogP contribution is -2.33. The highest BCUT2D eigenvalue weighted by atomic mass is 16.5. The van der Waals surface area contributed by atoms with E-state index in [0.29, 0.717) is 12.1 Å². The molecule has 2 unspecified atom stereocenters. The van der Waals surface area contributed by atoms with Crippen molar-refractivity contribution < 1.29 is 9.47 Å². The second-order valence-electron chi connectivity index (χ2n) is 4.84. The average molecular weight is 245 g/mol. The van der Waals surface area contributed by atoms with E-state index < -0.39 is 0 Å². The van der Waals surface area contributed by atoms with Crippen LogP contribution in [0.15, 0.2) is 0 Å². The molecule has 0 aliphatic rings. The van der Waals surface area contributed by atoms with Crippen molar-refractivity contribution in [1.29, 1.82) is 0 Å². The van der Waals surface area contributed by atoms with Crippen LogP contribution in [0.1, 0.15) is 52.9 Å². The van der Waals surface area contributed by atoms with E-state index in [0.717, 1.165) is 19.8 Å². The molecule has 17 heavy (non-hydrogen) atoms. The second-order valence-corrected chi connectivity index (χ2v) is 4.84. The fourth-order valence-corrected chi connectivity index (χ4v) is 1.82. The molecule has 0 aliphatic heterocycles. The molecule has 0 heterocycles. The van der Waals surface area contributed by atoms with E-state index in [4.69, 9.17) is 9.47 Å². The molecule has 0 aromatic rings. The summed E-state index contributed by atoms with van der Waals surface area (Å²) in [7, 11) is 1.73. The Labute approximate surface area is 107 Å². The fourth-order valence-electron chi connectivity index (χ4n) is 1.82. The minimum absolute atomic E-state index is 0.395. The van der Waals surface area contributed by atoms with Crippen molar-refractivity contribution in [2.75, 3.05) is 26.9 Å². The van der Waals surface area contributed by atoms with Crippen LogP contribution in [0.4, 0.5) is 0 Å². The zero-order valence-corrected chi connectivity index (χ0v) is 12.1. The third-order valence-corrected chi connectivity index (χ3v) is 2.88. The number of hydrogen-bond donors (Lipinski definition) is 1. The van der Waals surface area contributed by atoms with Gasteiger partial charge in [0.25, 0.3) is 0 Å². The normalized spacial score (nSPS) is 14.8. The van der Waals surface area contributed by atoms with Gasteiger partial charge in [-0.1, -0.05) is 32.6 Å². The predicted octanol–water partition coefficient (Wildman–Crippen LogP) is 2.99. The number of unbranched alkanes of at least 4 members (excludes halogenated alkanes) is 3. The van der Waals surface area contributed by atoms with Gasteiger partial charge in [-0.05, 0) is 20.3 Å². The molecule has 0 saturated carbocycles. The Balaban J connectivity index is 3.23. The number of ether oxygens (including phenoxy) is 2. The van der Waals surface area contributed by atoms with Gasteiger partial charge in [0, 0.05) is 19.7 Å². The van der Waals surface area contributed by atoms with Gasteiger partial charge >= 0.3 is 0 Å². The molecule has 0 fully saturated rings. The van der Waals surface area contributed by atoms with E-state index in [1.165, 1.54) is 32.1 Å². The van der Waals surface area contributed by atoms with Gasteiger partial charge in [-0.2, -0.15) is 0 Å². The molecule has 0 aliphatic carbocycles. The van der Waals surface area contributed by atoms with Crippen molar-refractivity contribution in [1.82, 2.24) is 5.32 Å². The molecule has 1 N–H and O–H groups in total. The summed E-state index contributed by atoms with van der Waals surface area (Å²) in [5.74, 6) is 0. The van der Waals surface area contributed by atoms with Gasteiger partial charge in [0.2, 0.25) is 0 Å². The van der Waals surface area contributed by atoms with Gasteiger partial charge in [0.1, 0.15) is 0 Å². The fraction of sp³-hybridized carbons (Fsp3) is 1.00. The lowest BCUT2D eigenvalue weighted by Gasteiger charge is -2.15. The summed E-state index contributed by atoms with van der Waals surface area (Å²) in [6.07, 6.45) is 6.87. The summed E-state index contributed by atoms with van der Waals surface area (Å²) < 4.78 is 10.8. The van der Waals surface area contributed by atoms with Crippen molar-refractivity contribution in [2.24, 2.45) is 0 Å². The molecule has 2 atom stereocenters. The maximum Gasteiger partial charge on any atom is 0.0613 e. The van der Waals surface area contributed by atoms with E-state index in [-0.39, 0.29) is 0 Å². The van der Waals surface area contributed by atoms with Crippen LogP contribution in [0.3, 0.4) is 0 Å². The summed E-state index contributed by atoms with van der Waals surface area (Å²) in [4.78, 5) is 0. The van der Waals surface area contributed by atoms with Gasteiger partial charge in [-0.25, -0.2) is 0 Å². The van der Waals surface area contributed by atoms with Crippen molar-refractivity contribution >= 4 is 0 Å². The molecule has 0 aromatic carbocycles. The highest BCUT2D eigenvalue weighted by Gasteiger charge is 2.03. The maximum absolute atomic E-state index is 5.75. The van der Waals surface area contributed by atoms with E-state index in [1.807, 2.05) is 0 Å². The Kier molecular flexibility index (Phi) is 12.3. The molecule has 0 rings (SSSR count). The molecule has 0 spiro atoms. The van der Waals surface area contributed by atoms with Crippen LogP contribution < -0.4 is 5.32 Å². The molecule has 0 aromatic heterocycles. The van der Waals surface area contributed by atoms with Crippen LogP contribution in [0, 0.1) is 0 Å². The number of hydrogen-bond acceptors (Lipinski definition) is 3. The molecule has 3 heteroatoms. The van der Waals surface area contributed by atoms with Crippen molar-refractivity contribution in [3.05, 3.63) is 0 Å². The van der Waals surface area contributed by atoms with Crippen molar-refractivity contribution in [2.45, 2.75) is 65.0 Å². The Morgan fingerprint density at radius 2 is 1.88 bits per heavy atom. The van der Waals surface area contributed by atoms with Crippen LogP contribution in [0.2, 0.25) is 0 Å². The molecular weight excluding hydrogens is 214 g/mol. The summed E-state index contributed by atoms with van der Waals surface area (Å²) in [6, 6.07) is 0.406. The average Bonchev–Trinajstić information content (AvgIpc) is 2.31. The molecule has 104 valence electrons. The van der Waals surface area contributed by atoms with Crippen molar-refractivity contribution in [3.63, 3.8) is 0 Å². The lowest BCUT2D eigenvalue weighted by atomic mass is 10.1. The van der Waals surface area contributed by atoms with Gasteiger partial charge in [-0.15, -0.1) is 0 Å². The molecular formula is C14H31NO2. The Bertz CT molecular complexity index is 153.